The first-order chi connectivity index (χ1) is 10.9. The van der Waals surface area contributed by atoms with Crippen molar-refractivity contribution in [3.63, 3.8) is 0 Å². The van der Waals surface area contributed by atoms with Gasteiger partial charge in [-0.05, 0) is 51.1 Å². The highest BCUT2D eigenvalue weighted by Gasteiger charge is 2.24. The summed E-state index contributed by atoms with van der Waals surface area (Å²) >= 11 is 0. The molecule has 0 bridgehead atoms. The highest BCUT2D eigenvalue weighted by molar-refractivity contribution is 6.00. The summed E-state index contributed by atoms with van der Waals surface area (Å²) in [6.07, 6.45) is 1.44. The number of hydrogen-bond donors (Lipinski definition) is 1. The number of nitrogens with one attached hydrogen (secondary N) is 1. The topological polar surface area (TPSA) is 62.6 Å². The summed E-state index contributed by atoms with van der Waals surface area (Å²) in [6, 6.07) is 6.89. The molecule has 0 saturated heterocycles. The maximum atomic E-state index is 12.9. The number of carbonyl (C=O) groups excluding carboxylic acids is 2. The molecular formula is C17H19FN2O3. The van der Waals surface area contributed by atoms with Gasteiger partial charge >= 0.3 is 0 Å². The first kappa shape index (κ1) is 16.7. The lowest BCUT2D eigenvalue weighted by molar-refractivity contribution is -0.117. The Morgan fingerprint density at radius 2 is 1.87 bits per heavy atom. The molecule has 1 aromatic carbocycles. The van der Waals surface area contributed by atoms with Crippen LogP contribution in [-0.2, 0) is 4.79 Å². The fourth-order valence-electron chi connectivity index (χ4n) is 2.14. The van der Waals surface area contributed by atoms with Gasteiger partial charge in [-0.25, -0.2) is 4.39 Å². The van der Waals surface area contributed by atoms with Crippen LogP contribution in [0.25, 0.3) is 0 Å². The van der Waals surface area contributed by atoms with E-state index < -0.39 is 0 Å². The molecule has 23 heavy (non-hydrogen) atoms. The number of amides is 2. The molecule has 5 nitrogen and oxygen atoms in total. The maximum absolute atomic E-state index is 12.9. The third-order valence-corrected chi connectivity index (χ3v) is 3.42. The minimum atomic E-state index is -0.377. The van der Waals surface area contributed by atoms with E-state index in [-0.39, 0.29) is 30.2 Å². The fourth-order valence-corrected chi connectivity index (χ4v) is 2.14. The predicted octanol–water partition coefficient (Wildman–Crippen LogP) is 3.22. The number of nitrogens with zero attached hydrogens (tertiary/aromatic N) is 1. The maximum Gasteiger partial charge on any atom is 0.258 e. The standard InChI is InChI=1S/C17H19FN2O3/c1-11(2)20(17(22)15-8-9-23-12(15)3)10-16(21)19-14-6-4-13(18)5-7-14/h4-9,11H,10H2,1-3H3,(H,19,21). The first-order valence-electron chi connectivity index (χ1n) is 7.29. The molecule has 0 spiro atoms. The molecule has 1 N–H and O–H groups in total. The lowest BCUT2D eigenvalue weighted by atomic mass is 10.2. The normalized spacial score (nSPS) is 10.7. The van der Waals surface area contributed by atoms with Gasteiger partial charge in [-0.15, -0.1) is 0 Å². The Morgan fingerprint density at radius 3 is 2.39 bits per heavy atom. The molecule has 1 aromatic heterocycles. The van der Waals surface area contributed by atoms with Crippen molar-refractivity contribution in [1.29, 1.82) is 0 Å². The molecule has 0 atom stereocenters. The van der Waals surface area contributed by atoms with Crippen molar-refractivity contribution in [2.75, 3.05) is 11.9 Å². The van der Waals surface area contributed by atoms with Crippen molar-refractivity contribution in [3.8, 4) is 0 Å². The van der Waals surface area contributed by atoms with Gasteiger partial charge in [0, 0.05) is 11.7 Å². The smallest absolute Gasteiger partial charge is 0.258 e. The molecule has 2 amide bonds. The summed E-state index contributed by atoms with van der Waals surface area (Å²) < 4.78 is 18.0. The van der Waals surface area contributed by atoms with Crippen LogP contribution in [-0.4, -0.2) is 29.3 Å². The molecule has 6 heteroatoms. The second-order valence-electron chi connectivity index (χ2n) is 5.47. The fraction of sp³-hybridized carbons (Fsp3) is 0.294. The molecule has 2 rings (SSSR count). The van der Waals surface area contributed by atoms with Gasteiger partial charge < -0.3 is 14.6 Å². The molecule has 0 saturated carbocycles. The molecule has 122 valence electrons. The molecule has 0 aliphatic carbocycles. The molecular weight excluding hydrogens is 299 g/mol. The Bertz CT molecular complexity index is 692. The lowest BCUT2D eigenvalue weighted by Crippen LogP contribution is -2.42. The van der Waals surface area contributed by atoms with E-state index in [2.05, 4.69) is 5.32 Å². The average molecular weight is 318 g/mol. The molecule has 0 aliphatic rings. The van der Waals surface area contributed by atoms with E-state index in [4.69, 9.17) is 4.42 Å². The van der Waals surface area contributed by atoms with Gasteiger partial charge in [0.15, 0.2) is 0 Å². The summed E-state index contributed by atoms with van der Waals surface area (Å²) in [7, 11) is 0. The van der Waals surface area contributed by atoms with Crippen LogP contribution in [0.1, 0.15) is 30.0 Å². The zero-order valence-corrected chi connectivity index (χ0v) is 13.3. The zero-order valence-electron chi connectivity index (χ0n) is 13.3. The van der Waals surface area contributed by atoms with E-state index >= 15 is 0 Å². The highest BCUT2D eigenvalue weighted by Crippen LogP contribution is 2.15. The molecule has 0 unspecified atom stereocenters. The predicted molar refractivity (Wildman–Crippen MR) is 84.6 cm³/mol. The second-order valence-corrected chi connectivity index (χ2v) is 5.47. The molecule has 2 aromatic rings. The summed E-state index contributed by atoms with van der Waals surface area (Å²) in [5, 5.41) is 2.65. The van der Waals surface area contributed by atoms with Crippen molar-refractivity contribution >= 4 is 17.5 Å². The number of hydrogen-bond acceptors (Lipinski definition) is 3. The van der Waals surface area contributed by atoms with Crippen molar-refractivity contribution in [1.82, 2.24) is 4.90 Å². The Balaban J connectivity index is 2.07. The molecule has 0 aliphatic heterocycles. The third kappa shape index (κ3) is 4.18. The molecule has 0 fully saturated rings. The van der Waals surface area contributed by atoms with Crippen LogP contribution in [0.4, 0.5) is 10.1 Å². The zero-order chi connectivity index (χ0) is 17.0. The van der Waals surface area contributed by atoms with Gasteiger partial charge in [-0.1, -0.05) is 0 Å². The van der Waals surface area contributed by atoms with Crippen molar-refractivity contribution < 1.29 is 18.4 Å². The van der Waals surface area contributed by atoms with Gasteiger partial charge in [0.2, 0.25) is 5.91 Å². The Morgan fingerprint density at radius 1 is 1.22 bits per heavy atom. The van der Waals surface area contributed by atoms with Gasteiger partial charge in [0.25, 0.3) is 5.91 Å². The van der Waals surface area contributed by atoms with Crippen LogP contribution in [0.5, 0.6) is 0 Å². The van der Waals surface area contributed by atoms with Crippen LogP contribution >= 0.6 is 0 Å². The number of furan rings is 1. The molecule has 1 heterocycles. The van der Waals surface area contributed by atoms with Gasteiger partial charge in [-0.2, -0.15) is 0 Å². The number of halogens is 1. The van der Waals surface area contributed by atoms with E-state index in [1.165, 1.54) is 35.4 Å². The van der Waals surface area contributed by atoms with Crippen LogP contribution < -0.4 is 5.32 Å². The number of carbonyl (C=O) groups is 2. The first-order valence-corrected chi connectivity index (χ1v) is 7.29. The summed E-state index contributed by atoms with van der Waals surface area (Å²) in [5.41, 5.74) is 0.917. The SMILES string of the molecule is Cc1occc1C(=O)N(CC(=O)Nc1ccc(F)cc1)C(C)C. The Kier molecular flexibility index (Phi) is 5.16. The molecule has 0 radical (unpaired) electrons. The highest BCUT2D eigenvalue weighted by atomic mass is 19.1. The lowest BCUT2D eigenvalue weighted by Gasteiger charge is -2.26. The van der Waals surface area contributed by atoms with Crippen LogP contribution in [0, 0.1) is 12.7 Å². The van der Waals surface area contributed by atoms with Crippen LogP contribution in [0.2, 0.25) is 0 Å². The average Bonchev–Trinajstić information content (AvgIpc) is 2.92. The number of aryl methyl sites for hydroxylation is 1. The van der Waals surface area contributed by atoms with E-state index in [0.29, 0.717) is 17.0 Å². The van der Waals surface area contributed by atoms with E-state index in [1.807, 2.05) is 13.8 Å². The van der Waals surface area contributed by atoms with E-state index in [9.17, 15) is 14.0 Å². The van der Waals surface area contributed by atoms with Crippen LogP contribution in [0.15, 0.2) is 41.0 Å². The Hall–Kier alpha value is -2.63. The second kappa shape index (κ2) is 7.09. The Labute approximate surface area is 134 Å². The third-order valence-electron chi connectivity index (χ3n) is 3.42. The summed E-state index contributed by atoms with van der Waals surface area (Å²) in [4.78, 5) is 26.1. The van der Waals surface area contributed by atoms with E-state index in [1.54, 1.807) is 13.0 Å². The number of rotatable bonds is 5. The van der Waals surface area contributed by atoms with Crippen molar-refractivity contribution in [2.45, 2.75) is 26.8 Å². The van der Waals surface area contributed by atoms with Gasteiger partial charge in [-0.3, -0.25) is 9.59 Å². The number of benzene rings is 1. The minimum absolute atomic E-state index is 0.0987. The van der Waals surface area contributed by atoms with Crippen molar-refractivity contribution in [2.24, 2.45) is 0 Å². The minimum Gasteiger partial charge on any atom is -0.469 e. The van der Waals surface area contributed by atoms with Crippen LogP contribution in [0.3, 0.4) is 0 Å². The van der Waals surface area contributed by atoms with Crippen molar-refractivity contribution in [3.05, 3.63) is 53.7 Å². The monoisotopic (exact) mass is 318 g/mol. The summed E-state index contributed by atoms with van der Waals surface area (Å²) in [5.74, 6) is -0.475. The van der Waals surface area contributed by atoms with Gasteiger partial charge in [0.1, 0.15) is 18.1 Å². The van der Waals surface area contributed by atoms with Gasteiger partial charge in [0.05, 0.1) is 11.8 Å². The quantitative estimate of drug-likeness (QED) is 0.920. The summed E-state index contributed by atoms with van der Waals surface area (Å²) in [6.45, 7) is 5.26. The number of anilines is 1. The largest absolute Gasteiger partial charge is 0.469 e. The van der Waals surface area contributed by atoms with E-state index in [0.717, 1.165) is 0 Å².